The Kier molecular flexibility index (Phi) is 4.40. The Labute approximate surface area is 165 Å². The number of hydrogen-bond acceptors (Lipinski definition) is 7. The Balaban J connectivity index is 2.00. The largest absolute Gasteiger partial charge is 0.289 e. The number of nitrogens with one attached hydrogen (secondary N) is 1. The number of hydrogen-bond donors (Lipinski definition) is 1. The maximum atomic E-state index is 12.9. The summed E-state index contributed by atoms with van der Waals surface area (Å²) < 4.78 is 0. The van der Waals surface area contributed by atoms with Crippen LogP contribution in [0.3, 0.4) is 0 Å². The molecule has 142 valence electrons. The minimum absolute atomic E-state index is 0.0463. The molecule has 2 aliphatic carbocycles. The second kappa shape index (κ2) is 6.92. The minimum Gasteiger partial charge on any atom is -0.289 e. The zero-order chi connectivity index (χ0) is 20.7. The van der Waals surface area contributed by atoms with E-state index in [0.717, 1.165) is 12.1 Å². The monoisotopic (exact) mass is 407 g/mol. The van der Waals surface area contributed by atoms with Crippen LogP contribution in [0.25, 0.3) is 10.8 Å². The Bertz CT molecular complexity index is 1590. The number of rotatable bonds is 3. The maximum absolute atomic E-state index is 12.9. The Morgan fingerprint density at radius 2 is 1.55 bits per heavy atom. The van der Waals surface area contributed by atoms with Crippen LogP contribution in [0.4, 0.5) is 11.4 Å². The Morgan fingerprint density at radius 1 is 0.897 bits per heavy atom. The third kappa shape index (κ3) is 3.05. The average Bonchev–Trinajstić information content (AvgIpc) is 2.71. The van der Waals surface area contributed by atoms with E-state index < -0.39 is 21.2 Å². The SMILES string of the molecule is O=c1cc/c(=N\Nc2ccc([N+](=O)[O-])cc2Cl)c2c(=O)c3ccccc3c(=O)c1=2. The zero-order valence-electron chi connectivity index (χ0n) is 14.5. The van der Waals surface area contributed by atoms with Crippen LogP contribution in [-0.4, -0.2) is 4.92 Å². The van der Waals surface area contributed by atoms with Crippen LogP contribution < -0.4 is 27.1 Å². The Hall–Kier alpha value is -3.91. The Morgan fingerprint density at radius 3 is 2.17 bits per heavy atom. The first-order valence-corrected chi connectivity index (χ1v) is 8.69. The van der Waals surface area contributed by atoms with Crippen molar-refractivity contribution in [1.29, 1.82) is 0 Å². The van der Waals surface area contributed by atoms with Gasteiger partial charge in [0, 0.05) is 22.9 Å². The molecule has 0 fully saturated rings. The topological polar surface area (TPSA) is 119 Å². The number of halogens is 1. The highest BCUT2D eigenvalue weighted by atomic mass is 35.5. The van der Waals surface area contributed by atoms with E-state index in [-0.39, 0.29) is 43.0 Å². The van der Waals surface area contributed by atoms with Crippen LogP contribution in [0.15, 0.2) is 74.1 Å². The molecule has 2 aromatic carbocycles. The van der Waals surface area contributed by atoms with Gasteiger partial charge in [-0.3, -0.25) is 29.9 Å². The molecule has 0 amide bonds. The van der Waals surface area contributed by atoms with Gasteiger partial charge >= 0.3 is 0 Å². The molecule has 8 nitrogen and oxygen atoms in total. The molecule has 0 spiro atoms. The molecule has 0 aliphatic heterocycles. The molecule has 1 N–H and O–H groups in total. The smallest absolute Gasteiger partial charge is 0.271 e. The van der Waals surface area contributed by atoms with E-state index in [1.807, 2.05) is 0 Å². The number of benzene rings is 2. The van der Waals surface area contributed by atoms with Gasteiger partial charge in [-0.05, 0) is 18.2 Å². The summed E-state index contributed by atoms with van der Waals surface area (Å²) in [4.78, 5) is 48.2. The summed E-state index contributed by atoms with van der Waals surface area (Å²) in [6, 6.07) is 12.5. The maximum Gasteiger partial charge on any atom is 0.271 e. The number of nitrogens with zero attached hydrogens (tertiary/aromatic N) is 2. The summed E-state index contributed by atoms with van der Waals surface area (Å²) in [5, 5.41) is 15.1. The van der Waals surface area contributed by atoms with Crippen LogP contribution in [0.5, 0.6) is 0 Å². The molecule has 2 aliphatic rings. The van der Waals surface area contributed by atoms with Crippen molar-refractivity contribution in [2.45, 2.75) is 0 Å². The summed E-state index contributed by atoms with van der Waals surface area (Å²) in [6.07, 6.45) is 0. The van der Waals surface area contributed by atoms with Crippen molar-refractivity contribution in [2.75, 3.05) is 5.43 Å². The first kappa shape index (κ1) is 18.5. The highest BCUT2D eigenvalue weighted by Crippen LogP contribution is 2.26. The van der Waals surface area contributed by atoms with E-state index in [4.69, 9.17) is 11.6 Å². The van der Waals surface area contributed by atoms with Gasteiger partial charge in [0.15, 0.2) is 16.3 Å². The molecule has 0 saturated heterocycles. The molecule has 0 heterocycles. The number of nitro groups is 1. The molecule has 0 saturated carbocycles. The molecule has 0 radical (unpaired) electrons. The predicted octanol–water partition coefficient (Wildman–Crippen LogP) is 2.01. The number of nitro benzene ring substituents is 1. The normalized spacial score (nSPS) is 11.8. The van der Waals surface area contributed by atoms with E-state index in [9.17, 15) is 24.5 Å². The molecular weight excluding hydrogens is 398 g/mol. The van der Waals surface area contributed by atoms with Crippen LogP contribution in [0.2, 0.25) is 5.02 Å². The van der Waals surface area contributed by atoms with Crippen molar-refractivity contribution in [2.24, 2.45) is 5.10 Å². The van der Waals surface area contributed by atoms with Crippen LogP contribution in [0, 0.1) is 20.6 Å². The van der Waals surface area contributed by atoms with Crippen LogP contribution >= 0.6 is 11.6 Å². The number of non-ortho nitro benzene ring substituents is 1. The van der Waals surface area contributed by atoms with E-state index >= 15 is 0 Å². The minimum atomic E-state index is -0.585. The fourth-order valence-corrected chi connectivity index (χ4v) is 3.32. The molecule has 9 heteroatoms. The summed E-state index contributed by atoms with van der Waals surface area (Å²) in [7, 11) is 0. The van der Waals surface area contributed by atoms with Crippen molar-refractivity contribution in [3.63, 3.8) is 0 Å². The quantitative estimate of drug-likeness (QED) is 0.410. The van der Waals surface area contributed by atoms with Gasteiger partial charge < -0.3 is 0 Å². The number of fused-ring (bicyclic) bond motifs is 1. The second-order valence-electron chi connectivity index (χ2n) is 6.18. The summed E-state index contributed by atoms with van der Waals surface area (Å²) in [5.74, 6) is 0. The molecule has 29 heavy (non-hydrogen) atoms. The average molecular weight is 408 g/mol. The molecular formula is C20H10ClN3O5. The number of anilines is 1. The lowest BCUT2D eigenvalue weighted by atomic mass is 10.0. The third-order valence-electron chi connectivity index (χ3n) is 4.48. The zero-order valence-corrected chi connectivity index (χ0v) is 15.3. The van der Waals surface area contributed by atoms with Gasteiger partial charge in [-0.15, -0.1) is 0 Å². The van der Waals surface area contributed by atoms with E-state index in [0.29, 0.717) is 0 Å². The summed E-state index contributed by atoms with van der Waals surface area (Å²) in [5.41, 5.74) is 1.11. The molecule has 2 aromatic rings. The molecule has 4 rings (SSSR count). The van der Waals surface area contributed by atoms with E-state index in [1.54, 1.807) is 12.1 Å². The summed E-state index contributed by atoms with van der Waals surface area (Å²) >= 11 is 6.03. The van der Waals surface area contributed by atoms with Gasteiger partial charge in [-0.25, -0.2) is 0 Å². The van der Waals surface area contributed by atoms with E-state index in [1.165, 1.54) is 30.3 Å². The van der Waals surface area contributed by atoms with Gasteiger partial charge in [-0.2, -0.15) is 5.10 Å². The van der Waals surface area contributed by atoms with Crippen LogP contribution in [-0.2, 0) is 0 Å². The van der Waals surface area contributed by atoms with Gasteiger partial charge in [0.25, 0.3) is 5.69 Å². The lowest BCUT2D eigenvalue weighted by Crippen LogP contribution is -2.28. The molecule has 0 unspecified atom stereocenters. The highest BCUT2D eigenvalue weighted by Gasteiger charge is 2.12. The van der Waals surface area contributed by atoms with Crippen LogP contribution in [0.1, 0.15) is 0 Å². The van der Waals surface area contributed by atoms with Crippen molar-refractivity contribution in [3.05, 3.63) is 116 Å². The lowest BCUT2D eigenvalue weighted by molar-refractivity contribution is -0.384. The molecule has 0 bridgehead atoms. The van der Waals surface area contributed by atoms with E-state index in [2.05, 4.69) is 10.5 Å². The van der Waals surface area contributed by atoms with Gasteiger partial charge in [0.2, 0.25) is 0 Å². The van der Waals surface area contributed by atoms with Crippen molar-refractivity contribution >= 4 is 33.7 Å². The molecule has 0 atom stereocenters. The fraction of sp³-hybridized carbons (Fsp3) is 0. The van der Waals surface area contributed by atoms with Gasteiger partial charge in [0.05, 0.1) is 31.4 Å². The predicted molar refractivity (Wildman–Crippen MR) is 108 cm³/mol. The fourth-order valence-electron chi connectivity index (χ4n) is 3.10. The lowest BCUT2D eigenvalue weighted by Gasteiger charge is -2.03. The first-order valence-electron chi connectivity index (χ1n) is 8.31. The highest BCUT2D eigenvalue weighted by molar-refractivity contribution is 6.33. The van der Waals surface area contributed by atoms with Gasteiger partial charge in [-0.1, -0.05) is 35.9 Å². The third-order valence-corrected chi connectivity index (χ3v) is 4.79. The van der Waals surface area contributed by atoms with Crippen molar-refractivity contribution in [3.8, 4) is 0 Å². The van der Waals surface area contributed by atoms with Crippen molar-refractivity contribution in [1.82, 2.24) is 0 Å². The van der Waals surface area contributed by atoms with Crippen molar-refractivity contribution < 1.29 is 4.92 Å². The molecule has 0 aromatic heterocycles. The standard InChI is InChI=1S/C20H10ClN3O5/c21-13-9-10(24(28)29)5-6-14(13)22-23-15-7-8-16(25)18-17(15)19(26)11-3-1-2-4-12(11)20(18)27/h1-9,22H/b23-15+. The van der Waals surface area contributed by atoms with Gasteiger partial charge in [0.1, 0.15) is 0 Å². The second-order valence-corrected chi connectivity index (χ2v) is 6.59. The summed E-state index contributed by atoms with van der Waals surface area (Å²) in [6.45, 7) is 0. The first-order chi connectivity index (χ1) is 13.9.